The number of hydrogen-bond acceptors (Lipinski definition) is 8. The summed E-state index contributed by atoms with van der Waals surface area (Å²) in [5, 5.41) is 15.0. The summed E-state index contributed by atoms with van der Waals surface area (Å²) in [6.07, 6.45) is 0.900. The zero-order chi connectivity index (χ0) is 23.2. The molecule has 0 heterocycles. The third kappa shape index (κ3) is 6.15. The Bertz CT molecular complexity index is 1120. The van der Waals surface area contributed by atoms with Crippen LogP contribution in [-0.2, 0) is 14.8 Å². The summed E-state index contributed by atoms with van der Waals surface area (Å²) in [7, 11) is -0.895. The van der Waals surface area contributed by atoms with E-state index in [4.69, 9.17) is 9.47 Å². The van der Waals surface area contributed by atoms with Crippen LogP contribution in [0.15, 0.2) is 47.6 Å². The lowest BCUT2D eigenvalue weighted by Crippen LogP contribution is -2.39. The SMILES string of the molecule is COc1ccc(/C(C)=N\NC(=O)CN(c2cccc([N+](=O)[O-])c2)S(C)(=O)=O)cc1OC. The maximum Gasteiger partial charge on any atom is 0.271 e. The maximum absolute atomic E-state index is 12.3. The van der Waals surface area contributed by atoms with Crippen molar-refractivity contribution >= 4 is 33.0 Å². The van der Waals surface area contributed by atoms with Crippen LogP contribution in [0.5, 0.6) is 11.5 Å². The second-order valence-corrected chi connectivity index (χ2v) is 8.26. The highest BCUT2D eigenvalue weighted by atomic mass is 32.2. The smallest absolute Gasteiger partial charge is 0.271 e. The molecule has 11 nitrogen and oxygen atoms in total. The quantitative estimate of drug-likeness (QED) is 0.349. The van der Waals surface area contributed by atoms with Crippen molar-refractivity contribution in [1.82, 2.24) is 5.43 Å². The zero-order valence-electron chi connectivity index (χ0n) is 17.4. The van der Waals surface area contributed by atoms with Gasteiger partial charge in [0.15, 0.2) is 11.5 Å². The van der Waals surface area contributed by atoms with Crippen molar-refractivity contribution < 1.29 is 27.6 Å². The Morgan fingerprint density at radius 3 is 2.42 bits per heavy atom. The predicted molar refractivity (Wildman–Crippen MR) is 115 cm³/mol. The van der Waals surface area contributed by atoms with Crippen molar-refractivity contribution in [2.24, 2.45) is 5.10 Å². The van der Waals surface area contributed by atoms with Crippen molar-refractivity contribution in [2.45, 2.75) is 6.92 Å². The number of anilines is 1. The van der Waals surface area contributed by atoms with E-state index in [-0.39, 0.29) is 11.4 Å². The van der Waals surface area contributed by atoms with Crippen LogP contribution in [0.4, 0.5) is 11.4 Å². The fraction of sp³-hybridized carbons (Fsp3) is 0.263. The minimum Gasteiger partial charge on any atom is -0.493 e. The average Bonchev–Trinajstić information content (AvgIpc) is 2.74. The van der Waals surface area contributed by atoms with Crippen molar-refractivity contribution in [3.8, 4) is 11.5 Å². The van der Waals surface area contributed by atoms with Gasteiger partial charge in [-0.05, 0) is 31.2 Å². The van der Waals surface area contributed by atoms with E-state index in [9.17, 15) is 23.3 Å². The molecular formula is C19H22N4O7S. The maximum atomic E-state index is 12.3. The summed E-state index contributed by atoms with van der Waals surface area (Å²) in [4.78, 5) is 22.7. The molecule has 0 spiro atoms. The molecule has 2 rings (SSSR count). The van der Waals surface area contributed by atoms with Crippen LogP contribution in [0.2, 0.25) is 0 Å². The second-order valence-electron chi connectivity index (χ2n) is 6.35. The summed E-state index contributed by atoms with van der Waals surface area (Å²) in [5.74, 6) is 0.287. The third-order valence-electron chi connectivity index (χ3n) is 4.17. The number of sulfonamides is 1. The summed E-state index contributed by atoms with van der Waals surface area (Å²) < 4.78 is 35.5. The molecule has 0 atom stereocenters. The lowest BCUT2D eigenvalue weighted by atomic mass is 10.1. The summed E-state index contributed by atoms with van der Waals surface area (Å²) in [6.45, 7) is 1.04. The minimum atomic E-state index is -3.89. The number of nitrogens with zero attached hydrogens (tertiary/aromatic N) is 3. The number of carbonyl (C=O) groups is 1. The van der Waals surface area contributed by atoms with E-state index in [0.717, 1.165) is 16.6 Å². The first-order chi connectivity index (χ1) is 14.6. The van der Waals surface area contributed by atoms with Gasteiger partial charge in [-0.1, -0.05) is 6.07 Å². The van der Waals surface area contributed by atoms with Gasteiger partial charge in [0, 0.05) is 17.7 Å². The molecule has 12 heteroatoms. The van der Waals surface area contributed by atoms with E-state index in [0.29, 0.717) is 22.8 Å². The number of carbonyl (C=O) groups excluding carboxylic acids is 1. The van der Waals surface area contributed by atoms with Gasteiger partial charge >= 0.3 is 0 Å². The molecule has 0 aliphatic rings. The first-order valence-corrected chi connectivity index (χ1v) is 10.7. The fourth-order valence-corrected chi connectivity index (χ4v) is 3.45. The first-order valence-electron chi connectivity index (χ1n) is 8.84. The van der Waals surface area contributed by atoms with Crippen LogP contribution in [0.3, 0.4) is 0 Å². The lowest BCUT2D eigenvalue weighted by molar-refractivity contribution is -0.384. The highest BCUT2D eigenvalue weighted by Crippen LogP contribution is 2.27. The molecule has 1 amide bonds. The van der Waals surface area contributed by atoms with Gasteiger partial charge in [0.1, 0.15) is 6.54 Å². The Kier molecular flexibility index (Phi) is 7.53. The Morgan fingerprint density at radius 1 is 1.16 bits per heavy atom. The number of nitro benzene ring substituents is 1. The van der Waals surface area contributed by atoms with E-state index >= 15 is 0 Å². The van der Waals surface area contributed by atoms with Gasteiger partial charge < -0.3 is 9.47 Å². The van der Waals surface area contributed by atoms with Gasteiger partial charge in [0.05, 0.1) is 36.8 Å². The number of benzene rings is 2. The number of rotatable bonds is 9. The van der Waals surface area contributed by atoms with Crippen LogP contribution in [0.1, 0.15) is 12.5 Å². The number of non-ortho nitro benzene ring substituents is 1. The largest absolute Gasteiger partial charge is 0.493 e. The van der Waals surface area contributed by atoms with Gasteiger partial charge in [-0.2, -0.15) is 5.10 Å². The molecule has 31 heavy (non-hydrogen) atoms. The number of nitro groups is 1. The van der Waals surface area contributed by atoms with E-state index in [1.54, 1.807) is 25.1 Å². The standard InChI is InChI=1S/C19H22N4O7S/c1-13(14-8-9-17(29-2)18(10-14)30-3)20-21-19(24)12-22(31(4,27)28)15-6-5-7-16(11-15)23(25)26/h5-11H,12H2,1-4H3,(H,21,24)/b20-13-. The Labute approximate surface area is 179 Å². The number of hydrogen-bond donors (Lipinski definition) is 1. The van der Waals surface area contributed by atoms with Gasteiger partial charge in [0.25, 0.3) is 11.6 Å². The van der Waals surface area contributed by atoms with Crippen LogP contribution in [-0.4, -0.2) is 52.0 Å². The van der Waals surface area contributed by atoms with Crippen LogP contribution >= 0.6 is 0 Å². The molecular weight excluding hydrogens is 428 g/mol. The predicted octanol–water partition coefficient (Wildman–Crippen LogP) is 1.92. The van der Waals surface area contributed by atoms with E-state index in [2.05, 4.69) is 10.5 Å². The molecule has 0 fully saturated rings. The number of methoxy groups -OCH3 is 2. The molecule has 0 aromatic heterocycles. The van der Waals surface area contributed by atoms with Crippen molar-refractivity contribution in [2.75, 3.05) is 31.3 Å². The summed E-state index contributed by atoms with van der Waals surface area (Å²) in [5.41, 5.74) is 3.08. The molecule has 1 N–H and O–H groups in total. The molecule has 2 aromatic carbocycles. The van der Waals surface area contributed by atoms with Crippen molar-refractivity contribution in [3.63, 3.8) is 0 Å². The average molecular weight is 450 g/mol. The van der Waals surface area contributed by atoms with Crippen LogP contribution in [0, 0.1) is 10.1 Å². The Balaban J connectivity index is 2.20. The summed E-state index contributed by atoms with van der Waals surface area (Å²) >= 11 is 0. The molecule has 0 saturated carbocycles. The van der Waals surface area contributed by atoms with E-state index < -0.39 is 27.4 Å². The van der Waals surface area contributed by atoms with Crippen LogP contribution < -0.4 is 19.2 Å². The third-order valence-corrected chi connectivity index (χ3v) is 5.31. The fourth-order valence-electron chi connectivity index (χ4n) is 2.60. The Morgan fingerprint density at radius 2 is 1.84 bits per heavy atom. The van der Waals surface area contributed by atoms with Gasteiger partial charge in [-0.3, -0.25) is 19.2 Å². The van der Waals surface area contributed by atoms with Gasteiger partial charge in [-0.25, -0.2) is 13.8 Å². The number of hydrazone groups is 1. The molecule has 0 radical (unpaired) electrons. The van der Waals surface area contributed by atoms with E-state index in [1.165, 1.54) is 32.4 Å². The minimum absolute atomic E-state index is 0.00700. The van der Waals surface area contributed by atoms with Crippen molar-refractivity contribution in [3.05, 3.63) is 58.1 Å². The second kappa shape index (κ2) is 9.89. The van der Waals surface area contributed by atoms with Crippen molar-refractivity contribution in [1.29, 1.82) is 0 Å². The van der Waals surface area contributed by atoms with Gasteiger partial charge in [-0.15, -0.1) is 0 Å². The molecule has 0 aliphatic heterocycles. The molecule has 0 bridgehead atoms. The highest BCUT2D eigenvalue weighted by molar-refractivity contribution is 7.92. The number of ether oxygens (including phenoxy) is 2. The molecule has 0 saturated heterocycles. The zero-order valence-corrected chi connectivity index (χ0v) is 18.2. The number of nitrogens with one attached hydrogen (secondary N) is 1. The topological polar surface area (TPSA) is 140 Å². The molecule has 166 valence electrons. The molecule has 0 unspecified atom stereocenters. The highest BCUT2D eigenvalue weighted by Gasteiger charge is 2.22. The van der Waals surface area contributed by atoms with E-state index in [1.807, 2.05) is 0 Å². The number of amides is 1. The molecule has 0 aliphatic carbocycles. The summed E-state index contributed by atoms with van der Waals surface area (Å²) in [6, 6.07) is 10.1. The first kappa shape index (κ1) is 23.6. The van der Waals surface area contributed by atoms with Gasteiger partial charge in [0.2, 0.25) is 10.0 Å². The monoisotopic (exact) mass is 450 g/mol. The normalized spacial score (nSPS) is 11.5. The Hall–Kier alpha value is -3.67. The lowest BCUT2D eigenvalue weighted by Gasteiger charge is -2.21. The molecule has 2 aromatic rings. The van der Waals surface area contributed by atoms with Crippen LogP contribution in [0.25, 0.3) is 0 Å².